The van der Waals surface area contributed by atoms with E-state index in [0.29, 0.717) is 16.4 Å². The van der Waals surface area contributed by atoms with Crippen LogP contribution < -0.4 is 5.32 Å². The van der Waals surface area contributed by atoms with Crippen LogP contribution in [-0.2, 0) is 0 Å². The summed E-state index contributed by atoms with van der Waals surface area (Å²) in [4.78, 5) is 30.7. The lowest BCUT2D eigenvalue weighted by Crippen LogP contribution is -2.29. The van der Waals surface area contributed by atoms with E-state index in [9.17, 15) is 9.59 Å². The van der Waals surface area contributed by atoms with Crippen LogP contribution in [-0.4, -0.2) is 34.8 Å². The second-order valence-corrected chi connectivity index (χ2v) is 6.23. The highest BCUT2D eigenvalue weighted by Crippen LogP contribution is 2.20. The van der Waals surface area contributed by atoms with Gasteiger partial charge in [-0.1, -0.05) is 23.7 Å². The molecule has 0 unspecified atom stereocenters. The Labute approximate surface area is 145 Å². The average Bonchev–Trinajstić information content (AvgIpc) is 3.12. The third-order valence-corrected chi connectivity index (χ3v) is 4.43. The Morgan fingerprint density at radius 1 is 1.12 bits per heavy atom. The Balaban J connectivity index is 1.76. The Morgan fingerprint density at radius 3 is 2.54 bits per heavy atom. The Morgan fingerprint density at radius 2 is 1.83 bits per heavy atom. The first kappa shape index (κ1) is 16.5. The van der Waals surface area contributed by atoms with E-state index in [4.69, 9.17) is 11.6 Å². The molecule has 0 aliphatic carbocycles. The number of anilines is 1. The van der Waals surface area contributed by atoms with Gasteiger partial charge in [-0.25, -0.2) is 4.98 Å². The van der Waals surface area contributed by atoms with E-state index in [0.717, 1.165) is 31.5 Å². The molecule has 0 radical (unpaired) electrons. The third kappa shape index (κ3) is 3.57. The average molecular weight is 344 g/mol. The van der Waals surface area contributed by atoms with Gasteiger partial charge in [0.15, 0.2) is 0 Å². The molecule has 1 N–H and O–H groups in total. The zero-order chi connectivity index (χ0) is 17.1. The van der Waals surface area contributed by atoms with Gasteiger partial charge in [-0.05, 0) is 49.6 Å². The van der Waals surface area contributed by atoms with Crippen LogP contribution in [0.3, 0.4) is 0 Å². The van der Waals surface area contributed by atoms with Crippen molar-refractivity contribution in [3.8, 4) is 0 Å². The van der Waals surface area contributed by atoms with E-state index >= 15 is 0 Å². The summed E-state index contributed by atoms with van der Waals surface area (Å²) in [6.45, 7) is 3.39. The van der Waals surface area contributed by atoms with Gasteiger partial charge in [0.1, 0.15) is 11.4 Å². The van der Waals surface area contributed by atoms with E-state index in [1.54, 1.807) is 35.2 Å². The Kier molecular flexibility index (Phi) is 4.81. The number of carbonyl (C=O) groups excluding carboxylic acids is 2. The van der Waals surface area contributed by atoms with Crippen molar-refractivity contribution in [2.24, 2.45) is 0 Å². The standard InChI is InChI=1S/C18H18ClN3O2/c1-12-7-8-13(11-14(12)19)20-17(23)15-5-4-6-16(21-15)18(24)22-9-2-3-10-22/h4-8,11H,2-3,9-10H2,1H3,(H,20,23). The molecule has 1 aromatic carbocycles. The summed E-state index contributed by atoms with van der Waals surface area (Å²) in [5, 5.41) is 3.33. The molecule has 2 heterocycles. The van der Waals surface area contributed by atoms with Gasteiger partial charge in [-0.3, -0.25) is 9.59 Å². The first-order valence-electron chi connectivity index (χ1n) is 7.88. The maximum atomic E-state index is 12.4. The van der Waals surface area contributed by atoms with Crippen molar-refractivity contribution in [2.75, 3.05) is 18.4 Å². The Bertz CT molecular complexity index is 786. The minimum atomic E-state index is -0.369. The van der Waals surface area contributed by atoms with Crippen molar-refractivity contribution in [2.45, 2.75) is 19.8 Å². The predicted octanol–water partition coefficient (Wildman–Crippen LogP) is 3.53. The van der Waals surface area contributed by atoms with Crippen molar-refractivity contribution < 1.29 is 9.59 Å². The van der Waals surface area contributed by atoms with Crippen LogP contribution in [0.1, 0.15) is 39.4 Å². The molecule has 1 fully saturated rings. The van der Waals surface area contributed by atoms with Crippen molar-refractivity contribution in [1.82, 2.24) is 9.88 Å². The van der Waals surface area contributed by atoms with E-state index < -0.39 is 0 Å². The molecule has 5 nitrogen and oxygen atoms in total. The molecule has 2 amide bonds. The molecular weight excluding hydrogens is 326 g/mol. The second kappa shape index (κ2) is 7.01. The molecule has 0 saturated carbocycles. The fourth-order valence-electron chi connectivity index (χ4n) is 2.63. The largest absolute Gasteiger partial charge is 0.337 e. The number of rotatable bonds is 3. The van der Waals surface area contributed by atoms with E-state index in [-0.39, 0.29) is 17.5 Å². The van der Waals surface area contributed by atoms with Gasteiger partial charge in [0.05, 0.1) is 0 Å². The van der Waals surface area contributed by atoms with Gasteiger partial charge < -0.3 is 10.2 Å². The van der Waals surface area contributed by atoms with Crippen molar-refractivity contribution in [1.29, 1.82) is 0 Å². The van der Waals surface area contributed by atoms with Gasteiger partial charge in [0, 0.05) is 23.8 Å². The number of hydrogen-bond acceptors (Lipinski definition) is 3. The predicted molar refractivity (Wildman–Crippen MR) is 93.5 cm³/mol. The van der Waals surface area contributed by atoms with Crippen LogP contribution in [0.25, 0.3) is 0 Å². The minimum absolute atomic E-state index is 0.125. The highest BCUT2D eigenvalue weighted by Gasteiger charge is 2.21. The summed E-state index contributed by atoms with van der Waals surface area (Å²) in [7, 11) is 0. The smallest absolute Gasteiger partial charge is 0.274 e. The number of nitrogens with zero attached hydrogens (tertiary/aromatic N) is 2. The summed E-state index contributed by atoms with van der Waals surface area (Å²) in [6.07, 6.45) is 2.03. The van der Waals surface area contributed by atoms with Crippen LogP contribution in [0.2, 0.25) is 5.02 Å². The Hall–Kier alpha value is -2.40. The van der Waals surface area contributed by atoms with Crippen molar-refractivity contribution >= 4 is 29.1 Å². The van der Waals surface area contributed by atoms with Crippen LogP contribution in [0.4, 0.5) is 5.69 Å². The number of halogens is 1. The number of aromatic nitrogens is 1. The SMILES string of the molecule is Cc1ccc(NC(=O)c2cccc(C(=O)N3CCCC3)n2)cc1Cl. The first-order valence-corrected chi connectivity index (χ1v) is 8.26. The topological polar surface area (TPSA) is 62.3 Å². The molecule has 2 aromatic rings. The van der Waals surface area contributed by atoms with Gasteiger partial charge in [0.25, 0.3) is 11.8 Å². The number of benzene rings is 1. The summed E-state index contributed by atoms with van der Waals surface area (Å²) in [5.41, 5.74) is 2.03. The molecule has 1 aliphatic rings. The zero-order valence-electron chi connectivity index (χ0n) is 13.4. The van der Waals surface area contributed by atoms with E-state index in [1.807, 2.05) is 13.0 Å². The molecule has 1 aromatic heterocycles. The fraction of sp³-hybridized carbons (Fsp3) is 0.278. The number of hydrogen-bond donors (Lipinski definition) is 1. The summed E-state index contributed by atoms with van der Waals surface area (Å²) in [6, 6.07) is 10.2. The normalized spacial score (nSPS) is 13.8. The van der Waals surface area contributed by atoms with Crippen molar-refractivity contribution in [3.63, 3.8) is 0 Å². The van der Waals surface area contributed by atoms with Crippen molar-refractivity contribution in [3.05, 3.63) is 58.4 Å². The lowest BCUT2D eigenvalue weighted by Gasteiger charge is -2.14. The maximum absolute atomic E-state index is 12.4. The summed E-state index contributed by atoms with van der Waals surface area (Å²) < 4.78 is 0. The molecule has 124 valence electrons. The van der Waals surface area contributed by atoms with Crippen LogP contribution in [0, 0.1) is 6.92 Å². The molecule has 1 aliphatic heterocycles. The molecule has 24 heavy (non-hydrogen) atoms. The number of aryl methyl sites for hydroxylation is 1. The lowest BCUT2D eigenvalue weighted by molar-refractivity contribution is 0.0787. The monoisotopic (exact) mass is 343 g/mol. The zero-order valence-corrected chi connectivity index (χ0v) is 14.1. The molecule has 3 rings (SSSR count). The highest BCUT2D eigenvalue weighted by molar-refractivity contribution is 6.31. The molecule has 0 spiro atoms. The van der Waals surface area contributed by atoms with E-state index in [2.05, 4.69) is 10.3 Å². The lowest BCUT2D eigenvalue weighted by atomic mass is 10.2. The van der Waals surface area contributed by atoms with Crippen LogP contribution in [0.5, 0.6) is 0 Å². The summed E-state index contributed by atoms with van der Waals surface area (Å²) >= 11 is 6.07. The quantitative estimate of drug-likeness (QED) is 0.927. The minimum Gasteiger partial charge on any atom is -0.337 e. The van der Waals surface area contributed by atoms with Gasteiger partial charge in [-0.2, -0.15) is 0 Å². The first-order chi connectivity index (χ1) is 11.5. The number of amides is 2. The molecule has 0 atom stereocenters. The third-order valence-electron chi connectivity index (χ3n) is 4.02. The number of nitrogens with one attached hydrogen (secondary N) is 1. The number of carbonyl (C=O) groups is 2. The van der Waals surface area contributed by atoms with Gasteiger partial charge >= 0.3 is 0 Å². The van der Waals surface area contributed by atoms with Gasteiger partial charge in [0.2, 0.25) is 0 Å². The van der Waals surface area contributed by atoms with Gasteiger partial charge in [-0.15, -0.1) is 0 Å². The molecule has 1 saturated heterocycles. The molecular formula is C18H18ClN3O2. The molecule has 0 bridgehead atoms. The highest BCUT2D eigenvalue weighted by atomic mass is 35.5. The summed E-state index contributed by atoms with van der Waals surface area (Å²) in [5.74, 6) is -0.494. The fourth-order valence-corrected chi connectivity index (χ4v) is 2.81. The maximum Gasteiger partial charge on any atom is 0.274 e. The van der Waals surface area contributed by atoms with Crippen LogP contribution in [0.15, 0.2) is 36.4 Å². The van der Waals surface area contributed by atoms with E-state index in [1.165, 1.54) is 0 Å². The number of pyridine rings is 1. The number of likely N-dealkylation sites (tertiary alicyclic amines) is 1. The molecule has 6 heteroatoms. The second-order valence-electron chi connectivity index (χ2n) is 5.83. The van der Waals surface area contributed by atoms with Crippen LogP contribution >= 0.6 is 11.6 Å².